The minimum atomic E-state index is -0.000430. The van der Waals surface area contributed by atoms with Crippen LogP contribution in [0.4, 0.5) is 10.5 Å². The van der Waals surface area contributed by atoms with E-state index >= 15 is 0 Å². The van der Waals surface area contributed by atoms with Gasteiger partial charge in [-0.2, -0.15) is 11.8 Å². The lowest BCUT2D eigenvalue weighted by Gasteiger charge is -2.37. The summed E-state index contributed by atoms with van der Waals surface area (Å²) in [6.45, 7) is 5.11. The first-order valence-electron chi connectivity index (χ1n) is 6.91. The van der Waals surface area contributed by atoms with Gasteiger partial charge >= 0.3 is 6.03 Å². The number of amides is 2. The summed E-state index contributed by atoms with van der Waals surface area (Å²) in [4.78, 5) is 17.5. The molecule has 0 bridgehead atoms. The van der Waals surface area contributed by atoms with Crippen molar-refractivity contribution in [2.75, 3.05) is 17.6 Å². The van der Waals surface area contributed by atoms with Crippen LogP contribution in [0, 0.1) is 0 Å². The highest BCUT2D eigenvalue weighted by molar-refractivity contribution is 8.00. The van der Waals surface area contributed by atoms with Crippen LogP contribution in [0.3, 0.4) is 0 Å². The molecule has 0 radical (unpaired) electrons. The Morgan fingerprint density at radius 1 is 1.40 bits per heavy atom. The second kappa shape index (κ2) is 5.40. The number of nitrogens with one attached hydrogen (secondary N) is 2. The standard InChI is InChI=1S/C15H19N3OS/c1-10-11(2)20-8-7-18(10)15(19)17-13-3-4-14-12(9-13)5-6-16-14/h3-6,9-11,16H,7-8H2,1-2H3,(H,17,19). The van der Waals surface area contributed by atoms with Gasteiger partial charge in [0.1, 0.15) is 0 Å². The summed E-state index contributed by atoms with van der Waals surface area (Å²) in [5, 5.41) is 4.61. The molecule has 0 spiro atoms. The summed E-state index contributed by atoms with van der Waals surface area (Å²) in [6.07, 6.45) is 1.90. The van der Waals surface area contributed by atoms with Crippen molar-refractivity contribution in [2.45, 2.75) is 25.1 Å². The number of fused-ring (bicyclic) bond motifs is 1. The number of carbonyl (C=O) groups excluding carboxylic acids is 1. The summed E-state index contributed by atoms with van der Waals surface area (Å²) < 4.78 is 0. The molecule has 20 heavy (non-hydrogen) atoms. The van der Waals surface area contributed by atoms with E-state index in [1.807, 2.05) is 47.1 Å². The van der Waals surface area contributed by atoms with Crippen molar-refractivity contribution in [3.8, 4) is 0 Å². The maximum absolute atomic E-state index is 12.4. The molecular weight excluding hydrogens is 270 g/mol. The van der Waals surface area contributed by atoms with Crippen LogP contribution >= 0.6 is 11.8 Å². The zero-order chi connectivity index (χ0) is 14.1. The molecule has 1 aliphatic rings. The van der Waals surface area contributed by atoms with Crippen molar-refractivity contribution >= 4 is 34.4 Å². The molecule has 1 aliphatic heterocycles. The van der Waals surface area contributed by atoms with Gasteiger partial charge in [0, 0.05) is 46.4 Å². The molecule has 4 nitrogen and oxygen atoms in total. The molecule has 1 aromatic heterocycles. The molecule has 2 N–H and O–H groups in total. The second-order valence-corrected chi connectivity index (χ2v) is 6.70. The molecule has 2 aromatic rings. The molecule has 1 fully saturated rings. The predicted molar refractivity (Wildman–Crippen MR) is 85.4 cm³/mol. The van der Waals surface area contributed by atoms with E-state index in [2.05, 4.69) is 24.1 Å². The highest BCUT2D eigenvalue weighted by Gasteiger charge is 2.28. The number of benzene rings is 1. The lowest BCUT2D eigenvalue weighted by Crippen LogP contribution is -2.49. The van der Waals surface area contributed by atoms with E-state index in [-0.39, 0.29) is 12.1 Å². The van der Waals surface area contributed by atoms with Gasteiger partial charge in [-0.05, 0) is 31.2 Å². The number of aromatic amines is 1. The quantitative estimate of drug-likeness (QED) is 0.843. The molecule has 0 saturated carbocycles. The predicted octanol–water partition coefficient (Wildman–Crippen LogP) is 3.53. The minimum absolute atomic E-state index is 0.000430. The first-order valence-corrected chi connectivity index (χ1v) is 7.96. The lowest BCUT2D eigenvalue weighted by atomic mass is 10.2. The number of anilines is 1. The van der Waals surface area contributed by atoms with E-state index in [4.69, 9.17) is 0 Å². The Bertz CT molecular complexity index is 624. The number of thioether (sulfide) groups is 1. The summed E-state index contributed by atoms with van der Waals surface area (Å²) >= 11 is 1.93. The molecule has 3 rings (SSSR count). The minimum Gasteiger partial charge on any atom is -0.361 e. The van der Waals surface area contributed by atoms with Crippen LogP contribution < -0.4 is 5.32 Å². The maximum Gasteiger partial charge on any atom is 0.322 e. The third kappa shape index (κ3) is 2.50. The van der Waals surface area contributed by atoms with Crippen molar-refractivity contribution in [3.05, 3.63) is 30.5 Å². The van der Waals surface area contributed by atoms with Gasteiger partial charge in [0.15, 0.2) is 0 Å². The number of urea groups is 1. The largest absolute Gasteiger partial charge is 0.361 e. The number of nitrogens with zero attached hydrogens (tertiary/aromatic N) is 1. The molecule has 2 amide bonds. The van der Waals surface area contributed by atoms with Crippen LogP contribution in [0.25, 0.3) is 10.9 Å². The molecule has 2 unspecified atom stereocenters. The fourth-order valence-electron chi connectivity index (χ4n) is 2.55. The smallest absolute Gasteiger partial charge is 0.322 e. The first-order chi connectivity index (χ1) is 9.65. The zero-order valence-electron chi connectivity index (χ0n) is 11.7. The third-order valence-corrected chi connectivity index (χ3v) is 5.29. The summed E-state index contributed by atoms with van der Waals surface area (Å²) in [5.74, 6) is 1.01. The molecule has 0 aliphatic carbocycles. The van der Waals surface area contributed by atoms with Crippen LogP contribution in [0.1, 0.15) is 13.8 Å². The van der Waals surface area contributed by atoms with E-state index in [1.54, 1.807) is 0 Å². The number of H-pyrrole nitrogens is 1. The van der Waals surface area contributed by atoms with Crippen LogP contribution in [-0.4, -0.2) is 39.5 Å². The van der Waals surface area contributed by atoms with Gasteiger partial charge in [0.25, 0.3) is 0 Å². The Morgan fingerprint density at radius 3 is 3.10 bits per heavy atom. The third-order valence-electron chi connectivity index (χ3n) is 3.95. The molecule has 106 valence electrons. The van der Waals surface area contributed by atoms with Gasteiger partial charge in [-0.25, -0.2) is 4.79 Å². The van der Waals surface area contributed by atoms with Gasteiger partial charge in [-0.1, -0.05) is 6.92 Å². The van der Waals surface area contributed by atoms with E-state index < -0.39 is 0 Å². The summed E-state index contributed by atoms with van der Waals surface area (Å²) in [7, 11) is 0. The van der Waals surface area contributed by atoms with Crippen molar-refractivity contribution in [3.63, 3.8) is 0 Å². The van der Waals surface area contributed by atoms with Crippen molar-refractivity contribution in [2.24, 2.45) is 0 Å². The highest BCUT2D eigenvalue weighted by Crippen LogP contribution is 2.25. The van der Waals surface area contributed by atoms with Crippen LogP contribution in [0.15, 0.2) is 30.5 Å². The van der Waals surface area contributed by atoms with Gasteiger partial charge in [0.05, 0.1) is 0 Å². The number of hydrogen-bond donors (Lipinski definition) is 2. The van der Waals surface area contributed by atoms with Crippen LogP contribution in [0.5, 0.6) is 0 Å². The van der Waals surface area contributed by atoms with Crippen molar-refractivity contribution in [1.82, 2.24) is 9.88 Å². The average molecular weight is 289 g/mol. The Labute approximate surface area is 122 Å². The van der Waals surface area contributed by atoms with E-state index in [9.17, 15) is 4.79 Å². The van der Waals surface area contributed by atoms with E-state index in [0.717, 1.165) is 28.9 Å². The number of rotatable bonds is 1. The molecule has 2 heterocycles. The van der Waals surface area contributed by atoms with Gasteiger partial charge in [0.2, 0.25) is 0 Å². The van der Waals surface area contributed by atoms with Gasteiger partial charge in [-0.3, -0.25) is 0 Å². The highest BCUT2D eigenvalue weighted by atomic mass is 32.2. The summed E-state index contributed by atoms with van der Waals surface area (Å²) in [5.41, 5.74) is 1.93. The molecule has 1 aromatic carbocycles. The maximum atomic E-state index is 12.4. The monoisotopic (exact) mass is 289 g/mol. The molecule has 5 heteroatoms. The Balaban J connectivity index is 1.74. The Morgan fingerprint density at radius 2 is 2.25 bits per heavy atom. The van der Waals surface area contributed by atoms with Crippen molar-refractivity contribution < 1.29 is 4.79 Å². The van der Waals surface area contributed by atoms with Gasteiger partial charge in [-0.15, -0.1) is 0 Å². The van der Waals surface area contributed by atoms with Crippen molar-refractivity contribution in [1.29, 1.82) is 0 Å². The topological polar surface area (TPSA) is 48.1 Å². The number of hydrogen-bond acceptors (Lipinski definition) is 2. The average Bonchev–Trinajstić information content (AvgIpc) is 2.89. The van der Waals surface area contributed by atoms with Gasteiger partial charge < -0.3 is 15.2 Å². The molecular formula is C15H19N3OS. The normalized spacial score (nSPS) is 23.0. The Hall–Kier alpha value is -1.62. The second-order valence-electron chi connectivity index (χ2n) is 5.22. The number of aromatic nitrogens is 1. The van der Waals surface area contributed by atoms with Crippen LogP contribution in [-0.2, 0) is 0 Å². The molecule has 2 atom stereocenters. The first kappa shape index (κ1) is 13.4. The summed E-state index contributed by atoms with van der Waals surface area (Å²) in [6, 6.07) is 8.19. The zero-order valence-corrected chi connectivity index (χ0v) is 12.5. The number of carbonyl (C=O) groups is 1. The van der Waals surface area contributed by atoms with E-state index in [1.165, 1.54) is 0 Å². The Kier molecular flexibility index (Phi) is 3.61. The fraction of sp³-hybridized carbons (Fsp3) is 0.400. The van der Waals surface area contributed by atoms with E-state index in [0.29, 0.717) is 5.25 Å². The lowest BCUT2D eigenvalue weighted by molar-refractivity contribution is 0.194. The SMILES string of the molecule is CC1SCCN(C(=O)Nc2ccc3[nH]ccc3c2)C1C. The van der Waals surface area contributed by atoms with Crippen LogP contribution in [0.2, 0.25) is 0 Å². The molecule has 1 saturated heterocycles. The fourth-order valence-corrected chi connectivity index (χ4v) is 3.65.